The van der Waals surface area contributed by atoms with Crippen LogP contribution in [0.1, 0.15) is 44.5 Å². The van der Waals surface area contributed by atoms with Crippen LogP contribution < -0.4 is 20.5 Å². The molecule has 3 rings (SSSR count). The Bertz CT molecular complexity index is 1130. The molecule has 1 unspecified atom stereocenters. The highest BCUT2D eigenvalue weighted by Crippen LogP contribution is 2.38. The molecule has 1 aliphatic rings. The Morgan fingerprint density at radius 2 is 1.97 bits per heavy atom. The van der Waals surface area contributed by atoms with E-state index in [1.54, 1.807) is 18.7 Å². The number of pyridine rings is 1. The zero-order valence-electron chi connectivity index (χ0n) is 23.4. The summed E-state index contributed by atoms with van der Waals surface area (Å²) in [6.07, 6.45) is 11.2. The summed E-state index contributed by atoms with van der Waals surface area (Å²) in [5.74, 6) is 3.14. The van der Waals surface area contributed by atoms with Gasteiger partial charge in [0.05, 0.1) is 17.7 Å². The molecule has 0 bridgehead atoms. The highest BCUT2D eigenvalue weighted by Gasteiger charge is 2.39. The molecule has 37 heavy (non-hydrogen) atoms. The summed E-state index contributed by atoms with van der Waals surface area (Å²) in [5, 5.41) is 8.77. The average molecular weight is 550 g/mol. The summed E-state index contributed by atoms with van der Waals surface area (Å²) in [6.45, 7) is 9.76. The van der Waals surface area contributed by atoms with E-state index in [1.807, 2.05) is 24.4 Å². The summed E-state index contributed by atoms with van der Waals surface area (Å²) in [6, 6.07) is 5.47. The molecule has 1 atom stereocenters. The SMILES string of the molecule is CN=C/C(C(=O)c1ccc(-n2ccc(OCCS(C)(C)C)n2)nc1N1CC(C)CC1(C)C)=C(/C)N.NS. The monoisotopic (exact) mass is 549 g/mol. The van der Waals surface area contributed by atoms with Crippen molar-refractivity contribution in [3.8, 4) is 11.7 Å². The standard InChI is InChI=1S/C26H40N6O2S.H3NS/c1-18-15-26(3,4)31(17-18)25-20(24(33)21(16-28-5)19(2)27)9-10-22(29-25)32-12-11-23(30-32)34-13-14-35(6,7)8;1-2/h9-12,16,18H,13-15,17,27H2,1-8H3;2H,1H2/b21-19+,28-16?;. The van der Waals surface area contributed by atoms with E-state index in [1.165, 1.54) is 6.21 Å². The number of thiol groups is 1. The number of ether oxygens (including phenoxy) is 1. The topological polar surface area (TPSA) is 125 Å². The van der Waals surface area contributed by atoms with Gasteiger partial charge in [-0.05, 0) is 64.0 Å². The second-order valence-corrected chi connectivity index (χ2v) is 15.4. The molecule has 0 radical (unpaired) electrons. The molecule has 1 aliphatic heterocycles. The predicted octanol–water partition coefficient (Wildman–Crippen LogP) is 3.87. The van der Waals surface area contributed by atoms with E-state index < -0.39 is 10.0 Å². The minimum atomic E-state index is -0.632. The molecule has 0 spiro atoms. The van der Waals surface area contributed by atoms with Gasteiger partial charge in [0, 0.05) is 49.1 Å². The first-order valence-electron chi connectivity index (χ1n) is 12.1. The Labute approximate surface area is 228 Å². The molecule has 2 aromatic heterocycles. The van der Waals surface area contributed by atoms with E-state index in [-0.39, 0.29) is 11.3 Å². The fourth-order valence-corrected chi connectivity index (χ4v) is 5.01. The highest BCUT2D eigenvalue weighted by atomic mass is 32.3. The lowest BCUT2D eigenvalue weighted by Crippen LogP contribution is -2.40. The van der Waals surface area contributed by atoms with Gasteiger partial charge in [0.25, 0.3) is 0 Å². The summed E-state index contributed by atoms with van der Waals surface area (Å²) in [4.78, 5) is 24.8. The molecule has 0 amide bonds. The van der Waals surface area contributed by atoms with Crippen LogP contribution in [0.15, 0.2) is 40.7 Å². The van der Waals surface area contributed by atoms with Crippen molar-refractivity contribution in [1.29, 1.82) is 0 Å². The smallest absolute Gasteiger partial charge is 0.233 e. The first-order chi connectivity index (χ1) is 17.3. The summed E-state index contributed by atoms with van der Waals surface area (Å²) in [5.41, 5.74) is 7.20. The van der Waals surface area contributed by atoms with Gasteiger partial charge in [-0.3, -0.25) is 14.9 Å². The van der Waals surface area contributed by atoms with Gasteiger partial charge in [0.1, 0.15) is 5.82 Å². The van der Waals surface area contributed by atoms with Gasteiger partial charge in [0.2, 0.25) is 5.88 Å². The minimum absolute atomic E-state index is 0.145. The normalized spacial score (nSPS) is 18.3. The lowest BCUT2D eigenvalue weighted by atomic mass is 9.96. The number of nitrogens with zero attached hydrogens (tertiary/aromatic N) is 5. The fourth-order valence-electron chi connectivity index (χ4n) is 4.43. The summed E-state index contributed by atoms with van der Waals surface area (Å²) < 4.78 is 7.57. The predicted molar refractivity (Wildman–Crippen MR) is 161 cm³/mol. The van der Waals surface area contributed by atoms with E-state index in [2.05, 4.69) is 72.5 Å². The van der Waals surface area contributed by atoms with Crippen molar-refractivity contribution in [3.05, 3.63) is 41.2 Å². The average Bonchev–Trinajstić information content (AvgIpc) is 3.39. The molecule has 1 saturated heterocycles. The summed E-state index contributed by atoms with van der Waals surface area (Å²) >= 11 is 3.03. The van der Waals surface area contributed by atoms with Crippen molar-refractivity contribution in [3.63, 3.8) is 0 Å². The van der Waals surface area contributed by atoms with E-state index in [0.717, 1.165) is 18.7 Å². The van der Waals surface area contributed by atoms with Crippen LogP contribution in [0.25, 0.3) is 5.82 Å². The van der Waals surface area contributed by atoms with Crippen LogP contribution in [-0.4, -0.2) is 77.0 Å². The Balaban J connectivity index is 0.00000235. The molecule has 206 valence electrons. The van der Waals surface area contributed by atoms with Crippen molar-refractivity contribution >= 4 is 40.7 Å². The van der Waals surface area contributed by atoms with E-state index in [0.29, 0.717) is 46.9 Å². The molecule has 9 nitrogen and oxygen atoms in total. The van der Waals surface area contributed by atoms with Crippen molar-refractivity contribution in [2.24, 2.45) is 21.8 Å². The van der Waals surface area contributed by atoms with Crippen molar-refractivity contribution in [2.75, 3.05) is 49.6 Å². The molecule has 0 aliphatic carbocycles. The van der Waals surface area contributed by atoms with E-state index in [9.17, 15) is 4.79 Å². The maximum Gasteiger partial charge on any atom is 0.233 e. The van der Waals surface area contributed by atoms with Crippen LogP contribution in [0.3, 0.4) is 0 Å². The first-order valence-corrected chi connectivity index (χ1v) is 15.7. The van der Waals surface area contributed by atoms with Crippen molar-refractivity contribution in [1.82, 2.24) is 14.8 Å². The van der Waals surface area contributed by atoms with Crippen LogP contribution in [-0.2, 0) is 0 Å². The highest BCUT2D eigenvalue weighted by molar-refractivity contribution is 8.32. The Kier molecular flexibility index (Phi) is 10.7. The van der Waals surface area contributed by atoms with Crippen LogP contribution in [0.4, 0.5) is 5.82 Å². The van der Waals surface area contributed by atoms with Gasteiger partial charge < -0.3 is 15.4 Å². The van der Waals surface area contributed by atoms with Gasteiger partial charge >= 0.3 is 0 Å². The number of rotatable bonds is 9. The lowest BCUT2D eigenvalue weighted by Gasteiger charge is -2.34. The molecular weight excluding hydrogens is 506 g/mol. The van der Waals surface area contributed by atoms with E-state index in [4.69, 9.17) is 15.5 Å². The number of Topliss-reactive ketones (excluding diaryl/α,β-unsaturated/α-hetero) is 1. The fraction of sp³-hybridized carbons (Fsp3) is 0.538. The number of nitrogens with two attached hydrogens (primary N) is 2. The second-order valence-electron chi connectivity index (χ2n) is 10.8. The molecule has 11 heteroatoms. The Morgan fingerprint density at radius 3 is 2.51 bits per heavy atom. The molecule has 1 fully saturated rings. The molecule has 3 heterocycles. The van der Waals surface area contributed by atoms with Gasteiger partial charge in [-0.25, -0.2) is 19.7 Å². The maximum absolute atomic E-state index is 13.6. The zero-order chi connectivity index (χ0) is 28.0. The van der Waals surface area contributed by atoms with Gasteiger partial charge in [0.15, 0.2) is 11.6 Å². The number of allylic oxidation sites excluding steroid dienone is 2. The molecule has 0 aromatic carbocycles. The number of hydrogen-bond donors (Lipinski definition) is 3. The van der Waals surface area contributed by atoms with Crippen LogP contribution in [0.2, 0.25) is 0 Å². The molecule has 2 aromatic rings. The Hall–Kier alpha value is -2.50. The van der Waals surface area contributed by atoms with Gasteiger partial charge in [-0.1, -0.05) is 6.92 Å². The number of hydrogen-bond acceptors (Lipinski definition) is 9. The van der Waals surface area contributed by atoms with Crippen LogP contribution in [0, 0.1) is 5.92 Å². The van der Waals surface area contributed by atoms with Crippen LogP contribution >= 0.6 is 22.8 Å². The van der Waals surface area contributed by atoms with Gasteiger partial charge in [-0.15, -0.1) is 17.9 Å². The third-order valence-corrected chi connectivity index (χ3v) is 7.50. The number of ketones is 1. The molecule has 4 N–H and O–H groups in total. The first kappa shape index (κ1) is 30.7. The number of aromatic nitrogens is 3. The summed E-state index contributed by atoms with van der Waals surface area (Å²) in [7, 11) is 0.997. The van der Waals surface area contributed by atoms with Gasteiger partial charge in [-0.2, -0.15) is 0 Å². The van der Waals surface area contributed by atoms with Crippen molar-refractivity contribution < 1.29 is 9.53 Å². The third-order valence-electron chi connectivity index (χ3n) is 6.11. The molecule has 0 saturated carbocycles. The maximum atomic E-state index is 13.6. The minimum Gasteiger partial charge on any atom is -0.476 e. The Morgan fingerprint density at radius 1 is 1.30 bits per heavy atom. The van der Waals surface area contributed by atoms with Crippen LogP contribution in [0.5, 0.6) is 5.88 Å². The number of carbonyl (C=O) groups excluding carboxylic acids is 1. The van der Waals surface area contributed by atoms with Crippen molar-refractivity contribution in [2.45, 2.75) is 39.7 Å². The molecular formula is C26H43N7O2S2. The quantitative estimate of drug-likeness (QED) is 0.188. The second kappa shape index (κ2) is 12.8. The number of aliphatic imine (C=N–C) groups is 1. The third kappa shape index (κ3) is 7.99. The zero-order valence-corrected chi connectivity index (χ0v) is 25.1. The van der Waals surface area contributed by atoms with E-state index >= 15 is 0 Å². The largest absolute Gasteiger partial charge is 0.476 e. The number of carbonyl (C=O) groups is 1. The number of anilines is 1. The lowest BCUT2D eigenvalue weighted by molar-refractivity contribution is 0.104.